The van der Waals surface area contributed by atoms with Crippen molar-refractivity contribution in [2.45, 2.75) is 25.4 Å². The lowest BCUT2D eigenvalue weighted by atomic mass is 10.2. The van der Waals surface area contributed by atoms with Crippen LogP contribution in [0, 0.1) is 0 Å². The molecule has 0 bridgehead atoms. The predicted molar refractivity (Wildman–Crippen MR) is 87.4 cm³/mol. The van der Waals surface area contributed by atoms with Crippen LogP contribution in [0.4, 0.5) is 11.4 Å². The molecule has 0 unspecified atom stereocenters. The van der Waals surface area contributed by atoms with Crippen molar-refractivity contribution >= 4 is 11.4 Å². The Morgan fingerprint density at radius 1 is 1.10 bits per heavy atom. The van der Waals surface area contributed by atoms with Gasteiger partial charge in [0.05, 0.1) is 7.11 Å². The summed E-state index contributed by atoms with van der Waals surface area (Å²) in [5.74, 6) is 0.879. The Balaban J connectivity index is 1.69. The number of hydrogen-bond acceptors (Lipinski definition) is 3. The third kappa shape index (κ3) is 3.56. The second kappa shape index (κ2) is 6.19. The van der Waals surface area contributed by atoms with Crippen molar-refractivity contribution in [3.8, 4) is 5.75 Å². The highest BCUT2D eigenvalue weighted by Crippen LogP contribution is 2.27. The first-order chi connectivity index (χ1) is 10.3. The fourth-order valence-corrected chi connectivity index (χ4v) is 2.36. The standard InChI is InChI=1S/C18H22N2O/c1-20(17-4-3-5-18(12-17)21-2)16-10-6-14(7-11-16)13-19-15-8-9-15/h3-7,10-12,15,19H,8-9,13H2,1-2H3. The first-order valence-electron chi connectivity index (χ1n) is 7.46. The molecule has 1 N–H and O–H groups in total. The van der Waals surface area contributed by atoms with E-state index in [9.17, 15) is 0 Å². The van der Waals surface area contributed by atoms with E-state index >= 15 is 0 Å². The van der Waals surface area contributed by atoms with E-state index < -0.39 is 0 Å². The highest BCUT2D eigenvalue weighted by molar-refractivity contribution is 5.64. The van der Waals surface area contributed by atoms with Crippen LogP contribution in [0.1, 0.15) is 18.4 Å². The van der Waals surface area contributed by atoms with Gasteiger partial charge in [-0.15, -0.1) is 0 Å². The van der Waals surface area contributed by atoms with Gasteiger partial charge in [0.25, 0.3) is 0 Å². The van der Waals surface area contributed by atoms with Crippen LogP contribution >= 0.6 is 0 Å². The number of rotatable bonds is 6. The zero-order chi connectivity index (χ0) is 14.7. The molecule has 2 aromatic carbocycles. The van der Waals surface area contributed by atoms with Crippen molar-refractivity contribution < 1.29 is 4.74 Å². The zero-order valence-electron chi connectivity index (χ0n) is 12.7. The predicted octanol–water partition coefficient (Wildman–Crippen LogP) is 3.72. The molecule has 1 aliphatic carbocycles. The maximum atomic E-state index is 5.29. The monoisotopic (exact) mass is 282 g/mol. The molecular weight excluding hydrogens is 260 g/mol. The van der Waals surface area contributed by atoms with Crippen LogP contribution in [0.25, 0.3) is 0 Å². The Hall–Kier alpha value is -2.00. The minimum atomic E-state index is 0.754. The van der Waals surface area contributed by atoms with Crippen molar-refractivity contribution in [2.75, 3.05) is 19.1 Å². The molecule has 0 atom stereocenters. The summed E-state index contributed by atoms with van der Waals surface area (Å²) >= 11 is 0. The van der Waals surface area contributed by atoms with E-state index in [1.54, 1.807) is 7.11 Å². The summed E-state index contributed by atoms with van der Waals surface area (Å²) in [4.78, 5) is 2.17. The lowest BCUT2D eigenvalue weighted by Crippen LogP contribution is -2.15. The van der Waals surface area contributed by atoms with Crippen LogP contribution in [0.5, 0.6) is 5.75 Å². The Bertz CT molecular complexity index is 590. The molecule has 0 aromatic heterocycles. The Kier molecular flexibility index (Phi) is 4.11. The molecule has 0 radical (unpaired) electrons. The second-order valence-corrected chi connectivity index (χ2v) is 5.58. The van der Waals surface area contributed by atoms with Crippen LogP contribution in [0.15, 0.2) is 48.5 Å². The quantitative estimate of drug-likeness (QED) is 0.874. The van der Waals surface area contributed by atoms with E-state index in [0.717, 1.165) is 24.0 Å². The van der Waals surface area contributed by atoms with Gasteiger partial charge in [-0.1, -0.05) is 18.2 Å². The number of ether oxygens (including phenoxy) is 1. The molecule has 1 fully saturated rings. The van der Waals surface area contributed by atoms with Crippen molar-refractivity contribution in [3.05, 3.63) is 54.1 Å². The van der Waals surface area contributed by atoms with Crippen LogP contribution in [-0.4, -0.2) is 20.2 Å². The van der Waals surface area contributed by atoms with Gasteiger partial charge in [-0.05, 0) is 42.7 Å². The SMILES string of the molecule is COc1cccc(N(C)c2ccc(CNC3CC3)cc2)c1. The number of nitrogens with zero attached hydrogens (tertiary/aromatic N) is 1. The number of hydrogen-bond donors (Lipinski definition) is 1. The highest BCUT2D eigenvalue weighted by atomic mass is 16.5. The summed E-state index contributed by atoms with van der Waals surface area (Å²) in [6.45, 7) is 0.966. The summed E-state index contributed by atoms with van der Waals surface area (Å²) < 4.78 is 5.29. The third-order valence-corrected chi connectivity index (χ3v) is 3.94. The number of nitrogens with one attached hydrogen (secondary N) is 1. The van der Waals surface area contributed by atoms with Gasteiger partial charge in [0.15, 0.2) is 0 Å². The molecule has 1 saturated carbocycles. The molecule has 0 amide bonds. The highest BCUT2D eigenvalue weighted by Gasteiger charge is 2.19. The first-order valence-corrected chi connectivity index (χ1v) is 7.46. The van der Waals surface area contributed by atoms with Gasteiger partial charge < -0.3 is 15.0 Å². The lowest BCUT2D eigenvalue weighted by molar-refractivity contribution is 0.415. The summed E-state index contributed by atoms with van der Waals surface area (Å²) in [5.41, 5.74) is 3.64. The molecule has 3 nitrogen and oxygen atoms in total. The molecule has 0 heterocycles. The topological polar surface area (TPSA) is 24.5 Å². The number of methoxy groups -OCH3 is 1. The van der Waals surface area contributed by atoms with Gasteiger partial charge in [0, 0.05) is 37.1 Å². The molecular formula is C18H22N2O. The average Bonchev–Trinajstić information content (AvgIpc) is 3.37. The van der Waals surface area contributed by atoms with Gasteiger partial charge in [-0.25, -0.2) is 0 Å². The average molecular weight is 282 g/mol. The molecule has 3 heteroatoms. The fraction of sp³-hybridized carbons (Fsp3) is 0.333. The first kappa shape index (κ1) is 14.0. The summed E-state index contributed by atoms with van der Waals surface area (Å²) in [7, 11) is 3.77. The van der Waals surface area contributed by atoms with E-state index in [2.05, 4.69) is 47.6 Å². The third-order valence-electron chi connectivity index (χ3n) is 3.94. The summed E-state index contributed by atoms with van der Waals surface area (Å²) in [6.07, 6.45) is 2.66. The molecule has 3 rings (SSSR count). The second-order valence-electron chi connectivity index (χ2n) is 5.58. The van der Waals surface area contributed by atoms with Crippen molar-refractivity contribution in [1.29, 1.82) is 0 Å². The molecule has 0 saturated heterocycles. The van der Waals surface area contributed by atoms with E-state index in [1.807, 2.05) is 18.2 Å². The minimum absolute atomic E-state index is 0.754. The molecule has 21 heavy (non-hydrogen) atoms. The van der Waals surface area contributed by atoms with Gasteiger partial charge in [-0.3, -0.25) is 0 Å². The minimum Gasteiger partial charge on any atom is -0.497 e. The summed E-state index contributed by atoms with van der Waals surface area (Å²) in [5, 5.41) is 3.54. The van der Waals surface area contributed by atoms with Crippen molar-refractivity contribution in [2.24, 2.45) is 0 Å². The van der Waals surface area contributed by atoms with E-state index in [1.165, 1.54) is 24.1 Å². The smallest absolute Gasteiger partial charge is 0.120 e. The number of benzene rings is 2. The van der Waals surface area contributed by atoms with Gasteiger partial charge >= 0.3 is 0 Å². The van der Waals surface area contributed by atoms with Crippen LogP contribution in [0.2, 0.25) is 0 Å². The number of anilines is 2. The molecule has 110 valence electrons. The normalized spacial score (nSPS) is 14.0. The van der Waals surface area contributed by atoms with Crippen LogP contribution in [-0.2, 0) is 6.54 Å². The Morgan fingerprint density at radius 2 is 1.86 bits per heavy atom. The van der Waals surface area contributed by atoms with E-state index in [0.29, 0.717) is 0 Å². The van der Waals surface area contributed by atoms with E-state index in [4.69, 9.17) is 4.74 Å². The van der Waals surface area contributed by atoms with Crippen LogP contribution < -0.4 is 15.0 Å². The van der Waals surface area contributed by atoms with E-state index in [-0.39, 0.29) is 0 Å². The maximum Gasteiger partial charge on any atom is 0.120 e. The molecule has 0 spiro atoms. The Morgan fingerprint density at radius 3 is 2.52 bits per heavy atom. The van der Waals surface area contributed by atoms with Gasteiger partial charge in [-0.2, -0.15) is 0 Å². The molecule has 0 aliphatic heterocycles. The largest absolute Gasteiger partial charge is 0.497 e. The lowest BCUT2D eigenvalue weighted by Gasteiger charge is -2.20. The van der Waals surface area contributed by atoms with Crippen molar-refractivity contribution in [1.82, 2.24) is 5.32 Å². The van der Waals surface area contributed by atoms with Crippen LogP contribution in [0.3, 0.4) is 0 Å². The summed E-state index contributed by atoms with van der Waals surface area (Å²) in [6, 6.07) is 17.6. The van der Waals surface area contributed by atoms with Crippen molar-refractivity contribution in [3.63, 3.8) is 0 Å². The zero-order valence-corrected chi connectivity index (χ0v) is 12.7. The molecule has 1 aliphatic rings. The molecule has 2 aromatic rings. The van der Waals surface area contributed by atoms with Gasteiger partial charge in [0.2, 0.25) is 0 Å². The van der Waals surface area contributed by atoms with Gasteiger partial charge in [0.1, 0.15) is 5.75 Å². The fourth-order valence-electron chi connectivity index (χ4n) is 2.36. The Labute approximate surface area is 126 Å². The maximum absolute atomic E-state index is 5.29.